The molecule has 0 aromatic heterocycles. The molecule has 0 heterocycles. The van der Waals surface area contributed by atoms with Crippen molar-refractivity contribution in [1.82, 2.24) is 0 Å². The standard InChI is InChI=1S/C15H12FNO3S/c1-10(15(18)11-6-8-12(16)9-7-11)21-14-5-3-2-4-13(14)17(19)20/h2-10H,1H3. The van der Waals surface area contributed by atoms with Gasteiger partial charge in [0.2, 0.25) is 0 Å². The summed E-state index contributed by atoms with van der Waals surface area (Å²) in [6.07, 6.45) is 0. The van der Waals surface area contributed by atoms with E-state index in [1.54, 1.807) is 25.1 Å². The normalized spacial score (nSPS) is 11.9. The molecule has 0 aliphatic rings. The van der Waals surface area contributed by atoms with Crippen molar-refractivity contribution >= 4 is 23.2 Å². The van der Waals surface area contributed by atoms with Crippen LogP contribution in [0.3, 0.4) is 0 Å². The molecule has 2 aromatic rings. The summed E-state index contributed by atoms with van der Waals surface area (Å²) >= 11 is 1.12. The maximum absolute atomic E-state index is 12.8. The van der Waals surface area contributed by atoms with Gasteiger partial charge in [-0.2, -0.15) is 0 Å². The number of hydrogen-bond acceptors (Lipinski definition) is 4. The molecule has 0 fully saturated rings. The van der Waals surface area contributed by atoms with E-state index in [2.05, 4.69) is 0 Å². The van der Waals surface area contributed by atoms with Crippen molar-refractivity contribution < 1.29 is 14.1 Å². The molecule has 0 aliphatic heterocycles. The Balaban J connectivity index is 2.18. The Hall–Kier alpha value is -2.21. The molecule has 0 aliphatic carbocycles. The number of rotatable bonds is 5. The Labute approximate surface area is 125 Å². The molecule has 2 rings (SSSR count). The predicted octanol–water partition coefficient (Wildman–Crippen LogP) is 4.10. The molecular weight excluding hydrogens is 293 g/mol. The van der Waals surface area contributed by atoms with Crippen molar-refractivity contribution in [3.63, 3.8) is 0 Å². The highest BCUT2D eigenvalue weighted by Crippen LogP contribution is 2.32. The van der Waals surface area contributed by atoms with Gasteiger partial charge in [-0.1, -0.05) is 12.1 Å². The zero-order valence-corrected chi connectivity index (χ0v) is 12.0. The highest BCUT2D eigenvalue weighted by atomic mass is 32.2. The topological polar surface area (TPSA) is 60.2 Å². The number of halogens is 1. The highest BCUT2D eigenvalue weighted by Gasteiger charge is 2.21. The van der Waals surface area contributed by atoms with Gasteiger partial charge >= 0.3 is 0 Å². The van der Waals surface area contributed by atoms with Crippen molar-refractivity contribution in [2.75, 3.05) is 0 Å². The monoisotopic (exact) mass is 305 g/mol. The number of ketones is 1. The second-order valence-corrected chi connectivity index (χ2v) is 5.74. The molecule has 2 aromatic carbocycles. The van der Waals surface area contributed by atoms with Crippen molar-refractivity contribution in [1.29, 1.82) is 0 Å². The Bertz CT molecular complexity index is 673. The lowest BCUT2D eigenvalue weighted by Crippen LogP contribution is -2.13. The first kappa shape index (κ1) is 15.2. The molecule has 0 N–H and O–H groups in total. The minimum Gasteiger partial charge on any atom is -0.293 e. The first-order valence-corrected chi connectivity index (χ1v) is 7.07. The van der Waals surface area contributed by atoms with E-state index >= 15 is 0 Å². The second-order valence-electron chi connectivity index (χ2n) is 4.36. The number of nitro benzene ring substituents is 1. The van der Waals surface area contributed by atoms with Crippen molar-refractivity contribution in [2.45, 2.75) is 17.1 Å². The molecule has 0 spiro atoms. The van der Waals surface area contributed by atoms with Gasteiger partial charge in [-0.3, -0.25) is 14.9 Å². The van der Waals surface area contributed by atoms with Crippen LogP contribution in [0.5, 0.6) is 0 Å². The minimum atomic E-state index is -0.503. The fourth-order valence-corrected chi connectivity index (χ4v) is 2.84. The lowest BCUT2D eigenvalue weighted by Gasteiger charge is -2.10. The van der Waals surface area contributed by atoms with Gasteiger partial charge in [-0.15, -0.1) is 11.8 Å². The molecular formula is C15H12FNO3S. The van der Waals surface area contributed by atoms with Gasteiger partial charge in [0, 0.05) is 11.6 Å². The van der Waals surface area contributed by atoms with Crippen LogP contribution in [0, 0.1) is 15.9 Å². The summed E-state index contributed by atoms with van der Waals surface area (Å²) in [6, 6.07) is 11.5. The van der Waals surface area contributed by atoms with E-state index < -0.39 is 16.0 Å². The molecule has 6 heteroatoms. The minimum absolute atomic E-state index is 0.0266. The third-order valence-corrected chi connectivity index (χ3v) is 4.03. The molecule has 21 heavy (non-hydrogen) atoms. The maximum atomic E-state index is 12.8. The molecule has 1 atom stereocenters. The number of carbonyl (C=O) groups excluding carboxylic acids is 1. The molecule has 4 nitrogen and oxygen atoms in total. The summed E-state index contributed by atoms with van der Waals surface area (Å²) in [5.41, 5.74) is 0.358. The fourth-order valence-electron chi connectivity index (χ4n) is 1.80. The van der Waals surface area contributed by atoms with Crippen molar-refractivity contribution in [2.24, 2.45) is 0 Å². The second kappa shape index (κ2) is 6.49. The van der Waals surface area contributed by atoms with Crippen LogP contribution in [0.25, 0.3) is 0 Å². The van der Waals surface area contributed by atoms with Crippen LogP contribution in [0.15, 0.2) is 53.4 Å². The number of hydrogen-bond donors (Lipinski definition) is 0. The Morgan fingerprint density at radius 3 is 2.43 bits per heavy atom. The Morgan fingerprint density at radius 1 is 1.19 bits per heavy atom. The molecule has 0 saturated heterocycles. The Morgan fingerprint density at radius 2 is 1.81 bits per heavy atom. The number of thioether (sulfide) groups is 1. The van der Waals surface area contributed by atoms with Crippen LogP contribution < -0.4 is 0 Å². The average molecular weight is 305 g/mol. The average Bonchev–Trinajstić information content (AvgIpc) is 2.47. The summed E-state index contributed by atoms with van der Waals surface area (Å²) in [5.74, 6) is -0.608. The zero-order chi connectivity index (χ0) is 15.4. The van der Waals surface area contributed by atoms with Gasteiger partial charge in [0.1, 0.15) is 5.82 Å². The zero-order valence-electron chi connectivity index (χ0n) is 11.2. The van der Waals surface area contributed by atoms with E-state index in [1.807, 2.05) is 0 Å². The molecule has 108 valence electrons. The van der Waals surface area contributed by atoms with Gasteiger partial charge in [0.15, 0.2) is 5.78 Å². The van der Waals surface area contributed by atoms with E-state index in [0.29, 0.717) is 10.5 Å². The van der Waals surface area contributed by atoms with Crippen molar-refractivity contribution in [3.8, 4) is 0 Å². The maximum Gasteiger partial charge on any atom is 0.282 e. The number of Topliss-reactive ketones (excluding diaryl/α,β-unsaturated/α-hetero) is 1. The van der Waals surface area contributed by atoms with Gasteiger partial charge in [-0.05, 0) is 37.3 Å². The van der Waals surface area contributed by atoms with E-state index in [-0.39, 0.29) is 11.5 Å². The molecule has 0 bridgehead atoms. The van der Waals surface area contributed by atoms with Gasteiger partial charge < -0.3 is 0 Å². The van der Waals surface area contributed by atoms with Crippen molar-refractivity contribution in [3.05, 3.63) is 70.0 Å². The van der Waals surface area contributed by atoms with Gasteiger partial charge in [0.25, 0.3) is 5.69 Å². The summed E-state index contributed by atoms with van der Waals surface area (Å²) in [7, 11) is 0. The molecule has 0 radical (unpaired) electrons. The molecule has 1 unspecified atom stereocenters. The molecule has 0 saturated carbocycles. The van der Waals surface area contributed by atoms with E-state index in [1.165, 1.54) is 30.3 Å². The lowest BCUT2D eigenvalue weighted by atomic mass is 10.1. The lowest BCUT2D eigenvalue weighted by molar-refractivity contribution is -0.387. The van der Waals surface area contributed by atoms with Crippen LogP contribution in [0.1, 0.15) is 17.3 Å². The van der Waals surface area contributed by atoms with E-state index in [4.69, 9.17) is 0 Å². The fraction of sp³-hybridized carbons (Fsp3) is 0.133. The van der Waals surface area contributed by atoms with Crippen LogP contribution in [0.2, 0.25) is 0 Å². The SMILES string of the molecule is CC(Sc1ccccc1[N+](=O)[O-])C(=O)c1ccc(F)cc1. The summed E-state index contributed by atoms with van der Waals surface area (Å²) in [6.45, 7) is 1.67. The predicted molar refractivity (Wildman–Crippen MR) is 79.1 cm³/mol. The first-order valence-electron chi connectivity index (χ1n) is 6.19. The largest absolute Gasteiger partial charge is 0.293 e. The van der Waals surface area contributed by atoms with Crippen LogP contribution >= 0.6 is 11.8 Å². The van der Waals surface area contributed by atoms with Gasteiger partial charge in [-0.25, -0.2) is 4.39 Å². The summed E-state index contributed by atoms with van der Waals surface area (Å²) in [5, 5.41) is 10.4. The third-order valence-electron chi connectivity index (χ3n) is 2.86. The number of carbonyl (C=O) groups is 1. The highest BCUT2D eigenvalue weighted by molar-refractivity contribution is 8.00. The Kier molecular flexibility index (Phi) is 4.70. The van der Waals surface area contributed by atoms with E-state index in [0.717, 1.165) is 11.8 Å². The smallest absolute Gasteiger partial charge is 0.282 e. The first-order chi connectivity index (χ1) is 9.99. The number of para-hydroxylation sites is 1. The summed E-state index contributed by atoms with van der Waals surface area (Å²) in [4.78, 5) is 23.1. The van der Waals surface area contributed by atoms with Crippen LogP contribution in [0.4, 0.5) is 10.1 Å². The number of benzene rings is 2. The van der Waals surface area contributed by atoms with E-state index in [9.17, 15) is 19.3 Å². The van der Waals surface area contributed by atoms with Crippen LogP contribution in [-0.2, 0) is 0 Å². The third kappa shape index (κ3) is 3.66. The number of nitro groups is 1. The summed E-state index contributed by atoms with van der Waals surface area (Å²) < 4.78 is 12.8. The molecule has 0 amide bonds. The van der Waals surface area contributed by atoms with Gasteiger partial charge in [0.05, 0.1) is 15.1 Å². The quantitative estimate of drug-likeness (QED) is 0.361. The number of nitrogens with zero attached hydrogens (tertiary/aromatic N) is 1. The van der Waals surface area contributed by atoms with Crippen LogP contribution in [-0.4, -0.2) is 16.0 Å².